The molecule has 1 aromatic heterocycles. The molecule has 1 N–H and O–H groups in total. The Morgan fingerprint density at radius 1 is 1.47 bits per heavy atom. The number of H-pyrrole nitrogens is 1. The molecule has 17 heavy (non-hydrogen) atoms. The number of unbranched alkanes of at least 4 members (excludes halogenated alkanes) is 1. The number of hydrogen-bond donors (Lipinski definition) is 1. The van der Waals surface area contributed by atoms with Crippen LogP contribution in [0.15, 0.2) is 0 Å². The standard InChI is InChI=1S/C10H18FN5O/c11-7-9-8-17-6-5-16(9)4-2-1-3-10-12-14-15-13-10/h9H,1-8H2,(H,12,13,14,15). The van der Waals surface area contributed by atoms with Gasteiger partial charge >= 0.3 is 0 Å². The van der Waals surface area contributed by atoms with Gasteiger partial charge in [-0.3, -0.25) is 4.90 Å². The molecule has 0 amide bonds. The molecular formula is C10H18FN5O. The van der Waals surface area contributed by atoms with E-state index in [9.17, 15) is 4.39 Å². The maximum atomic E-state index is 12.7. The second-order valence-electron chi connectivity index (χ2n) is 4.20. The van der Waals surface area contributed by atoms with Gasteiger partial charge in [-0.15, -0.1) is 10.2 Å². The van der Waals surface area contributed by atoms with Crippen LogP contribution < -0.4 is 0 Å². The van der Waals surface area contributed by atoms with Crippen molar-refractivity contribution in [1.29, 1.82) is 0 Å². The molecule has 0 saturated carbocycles. The van der Waals surface area contributed by atoms with Gasteiger partial charge in [0, 0.05) is 13.0 Å². The molecule has 0 aliphatic carbocycles. The fourth-order valence-electron chi connectivity index (χ4n) is 2.01. The zero-order valence-electron chi connectivity index (χ0n) is 9.81. The van der Waals surface area contributed by atoms with Gasteiger partial charge in [-0.1, -0.05) is 5.21 Å². The number of hydrogen-bond acceptors (Lipinski definition) is 5. The molecule has 1 fully saturated rings. The minimum Gasteiger partial charge on any atom is -0.378 e. The van der Waals surface area contributed by atoms with Crippen molar-refractivity contribution in [3.05, 3.63) is 5.82 Å². The molecule has 0 radical (unpaired) electrons. The molecule has 1 aliphatic rings. The van der Waals surface area contributed by atoms with E-state index in [1.165, 1.54) is 0 Å². The first-order chi connectivity index (χ1) is 8.40. The van der Waals surface area contributed by atoms with Crippen LogP contribution in [0.4, 0.5) is 4.39 Å². The summed E-state index contributed by atoms with van der Waals surface area (Å²) in [7, 11) is 0. The highest BCUT2D eigenvalue weighted by Crippen LogP contribution is 2.09. The zero-order chi connectivity index (χ0) is 11.9. The predicted octanol–water partition coefficient (Wildman–Crippen LogP) is 0.193. The van der Waals surface area contributed by atoms with Gasteiger partial charge in [0.25, 0.3) is 0 Å². The number of aromatic amines is 1. The Morgan fingerprint density at radius 2 is 2.41 bits per heavy atom. The number of aryl methyl sites for hydroxylation is 1. The van der Waals surface area contributed by atoms with E-state index in [-0.39, 0.29) is 12.7 Å². The first kappa shape index (κ1) is 12.4. The van der Waals surface area contributed by atoms with E-state index < -0.39 is 0 Å². The van der Waals surface area contributed by atoms with Crippen molar-refractivity contribution in [3.63, 3.8) is 0 Å². The van der Waals surface area contributed by atoms with Crippen LogP contribution in [-0.4, -0.2) is 64.5 Å². The van der Waals surface area contributed by atoms with Crippen molar-refractivity contribution in [2.45, 2.75) is 25.3 Å². The van der Waals surface area contributed by atoms with Gasteiger partial charge < -0.3 is 4.74 Å². The Hall–Kier alpha value is -1.08. The summed E-state index contributed by atoms with van der Waals surface area (Å²) in [5.41, 5.74) is 0. The average molecular weight is 243 g/mol. The van der Waals surface area contributed by atoms with Crippen molar-refractivity contribution in [2.75, 3.05) is 33.0 Å². The zero-order valence-corrected chi connectivity index (χ0v) is 9.81. The number of aromatic nitrogens is 4. The summed E-state index contributed by atoms with van der Waals surface area (Å²) in [4.78, 5) is 2.17. The van der Waals surface area contributed by atoms with Gasteiger partial charge in [0.2, 0.25) is 0 Å². The molecule has 0 aromatic carbocycles. The van der Waals surface area contributed by atoms with E-state index in [1.807, 2.05) is 0 Å². The van der Waals surface area contributed by atoms with E-state index in [1.54, 1.807) is 0 Å². The predicted molar refractivity (Wildman–Crippen MR) is 59.3 cm³/mol. The Labute approximate surface area is 99.5 Å². The lowest BCUT2D eigenvalue weighted by molar-refractivity contribution is -0.0161. The third-order valence-electron chi connectivity index (χ3n) is 3.01. The summed E-state index contributed by atoms with van der Waals surface area (Å²) >= 11 is 0. The molecule has 1 atom stereocenters. The second kappa shape index (κ2) is 6.61. The lowest BCUT2D eigenvalue weighted by Crippen LogP contribution is -2.47. The normalized spacial score (nSPS) is 21.8. The molecule has 1 aromatic rings. The topological polar surface area (TPSA) is 66.9 Å². The number of tetrazole rings is 1. The maximum absolute atomic E-state index is 12.7. The van der Waals surface area contributed by atoms with Gasteiger partial charge in [-0.05, 0) is 19.4 Å². The lowest BCUT2D eigenvalue weighted by atomic mass is 10.2. The SMILES string of the molecule is FCC1COCCN1CCCCc1nn[nH]n1. The number of nitrogens with one attached hydrogen (secondary N) is 1. The molecule has 1 unspecified atom stereocenters. The van der Waals surface area contributed by atoms with Crippen LogP contribution in [0.1, 0.15) is 18.7 Å². The number of ether oxygens (including phenoxy) is 1. The smallest absolute Gasteiger partial charge is 0.174 e. The van der Waals surface area contributed by atoms with E-state index in [4.69, 9.17) is 4.74 Å². The van der Waals surface area contributed by atoms with Crippen molar-refractivity contribution in [3.8, 4) is 0 Å². The van der Waals surface area contributed by atoms with Crippen LogP contribution in [0.25, 0.3) is 0 Å². The Kier molecular flexibility index (Phi) is 4.81. The molecule has 96 valence electrons. The fraction of sp³-hybridized carbons (Fsp3) is 0.900. The number of morpholine rings is 1. The Bertz CT molecular complexity index is 308. The van der Waals surface area contributed by atoms with Gasteiger partial charge in [0.15, 0.2) is 5.82 Å². The van der Waals surface area contributed by atoms with Gasteiger partial charge in [-0.25, -0.2) is 4.39 Å². The van der Waals surface area contributed by atoms with Crippen LogP contribution in [0, 0.1) is 0 Å². The minimum absolute atomic E-state index is 0.0612. The summed E-state index contributed by atoms with van der Waals surface area (Å²) in [6, 6.07) is -0.0612. The molecule has 2 rings (SSSR count). The molecule has 1 saturated heterocycles. The largest absolute Gasteiger partial charge is 0.378 e. The van der Waals surface area contributed by atoms with Crippen LogP contribution >= 0.6 is 0 Å². The number of rotatable bonds is 6. The highest BCUT2D eigenvalue weighted by Gasteiger charge is 2.21. The number of nitrogens with zero attached hydrogens (tertiary/aromatic N) is 4. The molecule has 6 nitrogen and oxygen atoms in total. The van der Waals surface area contributed by atoms with Crippen molar-refractivity contribution in [2.24, 2.45) is 0 Å². The third-order valence-corrected chi connectivity index (χ3v) is 3.01. The van der Waals surface area contributed by atoms with E-state index in [0.29, 0.717) is 13.2 Å². The second-order valence-corrected chi connectivity index (χ2v) is 4.20. The quantitative estimate of drug-likeness (QED) is 0.723. The van der Waals surface area contributed by atoms with Crippen LogP contribution in [0.2, 0.25) is 0 Å². The lowest BCUT2D eigenvalue weighted by Gasteiger charge is -2.33. The fourth-order valence-corrected chi connectivity index (χ4v) is 2.01. The minimum atomic E-state index is -0.329. The van der Waals surface area contributed by atoms with Crippen molar-refractivity contribution in [1.82, 2.24) is 25.5 Å². The van der Waals surface area contributed by atoms with E-state index in [2.05, 4.69) is 25.5 Å². The van der Waals surface area contributed by atoms with Crippen LogP contribution in [0.3, 0.4) is 0 Å². The Morgan fingerprint density at radius 3 is 3.18 bits per heavy atom. The molecule has 2 heterocycles. The van der Waals surface area contributed by atoms with Gasteiger partial charge in [0.05, 0.1) is 19.3 Å². The highest BCUT2D eigenvalue weighted by atomic mass is 19.1. The summed E-state index contributed by atoms with van der Waals surface area (Å²) in [6.07, 6.45) is 2.84. The van der Waals surface area contributed by atoms with Gasteiger partial charge in [-0.2, -0.15) is 5.21 Å². The van der Waals surface area contributed by atoms with Crippen molar-refractivity contribution >= 4 is 0 Å². The van der Waals surface area contributed by atoms with E-state index in [0.717, 1.165) is 38.2 Å². The molecule has 7 heteroatoms. The summed E-state index contributed by atoms with van der Waals surface area (Å²) in [5, 5.41) is 13.7. The monoisotopic (exact) mass is 243 g/mol. The molecule has 0 bridgehead atoms. The maximum Gasteiger partial charge on any atom is 0.174 e. The summed E-state index contributed by atoms with van der Waals surface area (Å²) in [6.45, 7) is 2.64. The van der Waals surface area contributed by atoms with Crippen LogP contribution in [-0.2, 0) is 11.2 Å². The first-order valence-electron chi connectivity index (χ1n) is 6.00. The summed E-state index contributed by atoms with van der Waals surface area (Å²) in [5.74, 6) is 0.744. The van der Waals surface area contributed by atoms with Gasteiger partial charge in [0.1, 0.15) is 6.67 Å². The van der Waals surface area contributed by atoms with Crippen LogP contribution in [0.5, 0.6) is 0 Å². The number of alkyl halides is 1. The third kappa shape index (κ3) is 3.71. The number of halogens is 1. The molecular weight excluding hydrogens is 225 g/mol. The first-order valence-corrected chi connectivity index (χ1v) is 6.00. The molecule has 0 spiro atoms. The molecule has 1 aliphatic heterocycles. The van der Waals surface area contributed by atoms with Crippen molar-refractivity contribution < 1.29 is 9.13 Å². The average Bonchev–Trinajstić information content (AvgIpc) is 2.88. The Balaban J connectivity index is 1.63. The van der Waals surface area contributed by atoms with E-state index >= 15 is 0 Å². The summed E-state index contributed by atoms with van der Waals surface area (Å²) < 4.78 is 18.0. The highest BCUT2D eigenvalue weighted by molar-refractivity contribution is 4.77.